The second-order valence-corrected chi connectivity index (χ2v) is 6.74. The van der Waals surface area contributed by atoms with Gasteiger partial charge in [-0.1, -0.05) is 19.1 Å². The molecule has 0 spiro atoms. The maximum absolute atomic E-state index is 12.3. The van der Waals surface area contributed by atoms with Gasteiger partial charge in [0.15, 0.2) is 0 Å². The van der Waals surface area contributed by atoms with Crippen molar-refractivity contribution in [2.24, 2.45) is 0 Å². The van der Waals surface area contributed by atoms with Crippen LogP contribution in [0.3, 0.4) is 0 Å². The Morgan fingerprint density at radius 1 is 1.19 bits per heavy atom. The number of thiophene rings is 1. The molecule has 5 nitrogen and oxygen atoms in total. The van der Waals surface area contributed by atoms with E-state index in [0.717, 1.165) is 21.8 Å². The van der Waals surface area contributed by atoms with Crippen LogP contribution in [-0.2, 0) is 16.0 Å². The molecular weight excluding hydrogens is 350 g/mol. The van der Waals surface area contributed by atoms with Crippen LogP contribution in [-0.4, -0.2) is 25.6 Å². The molecule has 1 N–H and O–H groups in total. The number of hydrogen-bond acceptors (Lipinski definition) is 5. The zero-order chi connectivity index (χ0) is 19.1. The molecule has 138 valence electrons. The van der Waals surface area contributed by atoms with Crippen LogP contribution in [0.5, 0.6) is 5.75 Å². The first-order valence-electron chi connectivity index (χ1n) is 8.42. The number of ether oxygens (including phenoxy) is 2. The first kappa shape index (κ1) is 19.7. The van der Waals surface area contributed by atoms with E-state index in [2.05, 4.69) is 5.32 Å². The highest BCUT2D eigenvalue weighted by molar-refractivity contribution is 7.16. The highest BCUT2D eigenvalue weighted by atomic mass is 32.1. The Hall–Kier alpha value is -2.60. The smallest absolute Gasteiger partial charge is 0.341 e. The molecule has 2 rings (SSSR count). The number of hydrogen-bond donors (Lipinski definition) is 1. The van der Waals surface area contributed by atoms with Gasteiger partial charge in [-0.25, -0.2) is 4.79 Å². The van der Waals surface area contributed by atoms with Gasteiger partial charge in [0.05, 0.1) is 19.3 Å². The summed E-state index contributed by atoms with van der Waals surface area (Å²) in [5.41, 5.74) is 2.26. The van der Waals surface area contributed by atoms with Crippen molar-refractivity contribution in [3.63, 3.8) is 0 Å². The summed E-state index contributed by atoms with van der Waals surface area (Å²) in [4.78, 5) is 25.6. The van der Waals surface area contributed by atoms with Gasteiger partial charge in [-0.2, -0.15) is 0 Å². The van der Waals surface area contributed by atoms with E-state index in [4.69, 9.17) is 9.47 Å². The van der Waals surface area contributed by atoms with Crippen molar-refractivity contribution in [1.82, 2.24) is 0 Å². The van der Waals surface area contributed by atoms with Crippen molar-refractivity contribution in [1.29, 1.82) is 0 Å². The quantitative estimate of drug-likeness (QED) is 0.575. The van der Waals surface area contributed by atoms with Crippen molar-refractivity contribution in [2.45, 2.75) is 27.2 Å². The van der Waals surface area contributed by atoms with Crippen LogP contribution in [0.2, 0.25) is 0 Å². The molecule has 0 aliphatic rings. The summed E-state index contributed by atoms with van der Waals surface area (Å²) in [6, 6.07) is 7.37. The van der Waals surface area contributed by atoms with Gasteiger partial charge in [0.25, 0.3) is 0 Å². The molecule has 1 aromatic carbocycles. The zero-order valence-corrected chi connectivity index (χ0v) is 16.2. The van der Waals surface area contributed by atoms with E-state index in [1.54, 1.807) is 20.1 Å². The van der Waals surface area contributed by atoms with Crippen LogP contribution in [0.25, 0.3) is 6.08 Å². The SMILES string of the molecule is CCOC(=O)c1c(NC(=O)/C=C/c2ccc(OC)cc2)sc(C)c1CC. The normalized spacial score (nSPS) is 10.8. The number of nitrogens with one attached hydrogen (secondary N) is 1. The monoisotopic (exact) mass is 373 g/mol. The first-order chi connectivity index (χ1) is 12.5. The Labute approximate surface area is 157 Å². The number of benzene rings is 1. The summed E-state index contributed by atoms with van der Waals surface area (Å²) in [5, 5.41) is 3.34. The van der Waals surface area contributed by atoms with E-state index in [0.29, 0.717) is 23.6 Å². The van der Waals surface area contributed by atoms with Gasteiger partial charge in [-0.15, -0.1) is 11.3 Å². The minimum atomic E-state index is -0.400. The van der Waals surface area contributed by atoms with Crippen LogP contribution in [0.15, 0.2) is 30.3 Å². The maximum atomic E-state index is 12.3. The number of esters is 1. The van der Waals surface area contributed by atoms with E-state index >= 15 is 0 Å². The van der Waals surface area contributed by atoms with E-state index in [1.807, 2.05) is 38.1 Å². The van der Waals surface area contributed by atoms with Gasteiger partial charge in [0.2, 0.25) is 5.91 Å². The Balaban J connectivity index is 2.17. The predicted molar refractivity (Wildman–Crippen MR) is 105 cm³/mol. The second kappa shape index (κ2) is 9.20. The third-order valence-corrected chi connectivity index (χ3v) is 4.88. The molecule has 0 saturated carbocycles. The topological polar surface area (TPSA) is 64.6 Å². The molecule has 0 saturated heterocycles. The van der Waals surface area contributed by atoms with Crippen LogP contribution in [0, 0.1) is 6.92 Å². The fraction of sp³-hybridized carbons (Fsp3) is 0.300. The van der Waals surface area contributed by atoms with Gasteiger partial charge in [0, 0.05) is 11.0 Å². The van der Waals surface area contributed by atoms with Crippen LogP contribution in [0.4, 0.5) is 5.00 Å². The lowest BCUT2D eigenvalue weighted by molar-refractivity contribution is -0.111. The third kappa shape index (κ3) is 4.73. The molecule has 1 heterocycles. The minimum absolute atomic E-state index is 0.293. The highest BCUT2D eigenvalue weighted by Gasteiger charge is 2.22. The number of amides is 1. The van der Waals surface area contributed by atoms with Crippen molar-refractivity contribution in [3.8, 4) is 5.75 Å². The van der Waals surface area contributed by atoms with Gasteiger partial charge >= 0.3 is 5.97 Å². The lowest BCUT2D eigenvalue weighted by Gasteiger charge is -2.06. The van der Waals surface area contributed by atoms with Crippen molar-refractivity contribution in [3.05, 3.63) is 51.9 Å². The predicted octanol–water partition coefficient (Wildman–Crippen LogP) is 4.46. The highest BCUT2D eigenvalue weighted by Crippen LogP contribution is 2.34. The Bertz CT molecular complexity index is 806. The van der Waals surface area contributed by atoms with Gasteiger partial charge in [-0.05, 0) is 49.6 Å². The van der Waals surface area contributed by atoms with Crippen LogP contribution < -0.4 is 10.1 Å². The number of aryl methyl sites for hydroxylation is 1. The minimum Gasteiger partial charge on any atom is -0.497 e. The van der Waals surface area contributed by atoms with Gasteiger partial charge < -0.3 is 14.8 Å². The molecular formula is C20H23NO4S. The Morgan fingerprint density at radius 2 is 1.88 bits per heavy atom. The molecule has 0 aliphatic heterocycles. The fourth-order valence-corrected chi connectivity index (χ4v) is 3.69. The third-order valence-electron chi connectivity index (χ3n) is 3.82. The molecule has 0 unspecified atom stereocenters. The molecule has 0 bridgehead atoms. The summed E-state index contributed by atoms with van der Waals surface area (Å²) in [6.45, 7) is 5.97. The summed E-state index contributed by atoms with van der Waals surface area (Å²) < 4.78 is 10.3. The van der Waals surface area contributed by atoms with Crippen molar-refractivity contribution in [2.75, 3.05) is 19.0 Å². The number of rotatable bonds is 7. The standard InChI is InChI=1S/C20H23NO4S/c1-5-16-13(3)26-19(18(16)20(23)25-6-2)21-17(22)12-9-14-7-10-15(24-4)11-8-14/h7-12H,5-6H2,1-4H3,(H,21,22)/b12-9+. The maximum Gasteiger partial charge on any atom is 0.341 e. The first-order valence-corrected chi connectivity index (χ1v) is 9.24. The molecule has 0 aliphatic carbocycles. The lowest BCUT2D eigenvalue weighted by Crippen LogP contribution is -2.13. The van der Waals surface area contributed by atoms with Crippen molar-refractivity contribution < 1.29 is 19.1 Å². The summed E-state index contributed by atoms with van der Waals surface area (Å²) >= 11 is 1.39. The Kier molecular flexibility index (Phi) is 6.97. The zero-order valence-electron chi connectivity index (χ0n) is 15.4. The van der Waals surface area contributed by atoms with E-state index in [-0.39, 0.29) is 5.91 Å². The summed E-state index contributed by atoms with van der Waals surface area (Å²) in [7, 11) is 1.60. The molecule has 0 atom stereocenters. The van der Waals surface area contributed by atoms with E-state index < -0.39 is 5.97 Å². The van der Waals surface area contributed by atoms with Crippen LogP contribution in [0.1, 0.15) is 40.2 Å². The molecule has 0 radical (unpaired) electrons. The number of carbonyl (C=O) groups is 2. The van der Waals surface area contributed by atoms with Gasteiger partial charge in [0.1, 0.15) is 10.8 Å². The summed E-state index contributed by atoms with van der Waals surface area (Å²) in [5.74, 6) is 0.0604. The van der Waals surface area contributed by atoms with E-state index in [9.17, 15) is 9.59 Å². The molecule has 6 heteroatoms. The average Bonchev–Trinajstić information content (AvgIpc) is 2.95. The van der Waals surface area contributed by atoms with Gasteiger partial charge in [-0.3, -0.25) is 4.79 Å². The number of anilines is 1. The number of carbonyl (C=O) groups excluding carboxylic acids is 2. The van der Waals surface area contributed by atoms with Crippen LogP contribution >= 0.6 is 11.3 Å². The molecule has 1 amide bonds. The largest absolute Gasteiger partial charge is 0.497 e. The second-order valence-electron chi connectivity index (χ2n) is 5.51. The van der Waals surface area contributed by atoms with Crippen molar-refractivity contribution >= 4 is 34.3 Å². The molecule has 26 heavy (non-hydrogen) atoms. The van der Waals surface area contributed by atoms with E-state index in [1.165, 1.54) is 17.4 Å². The molecule has 0 fully saturated rings. The summed E-state index contributed by atoms with van der Waals surface area (Å²) in [6.07, 6.45) is 3.85. The average molecular weight is 373 g/mol. The lowest BCUT2D eigenvalue weighted by atomic mass is 10.1. The number of methoxy groups -OCH3 is 1. The Morgan fingerprint density at radius 3 is 2.46 bits per heavy atom. The molecule has 1 aromatic heterocycles. The fourth-order valence-electron chi connectivity index (χ4n) is 2.55. The molecule has 2 aromatic rings.